The molecular weight excluding hydrogens is 302 g/mol. The summed E-state index contributed by atoms with van der Waals surface area (Å²) in [4.78, 5) is 12.0. The summed E-state index contributed by atoms with van der Waals surface area (Å²) in [6.45, 7) is 11.6. The number of carbonyl (C=O) groups is 1. The second-order valence-electron chi connectivity index (χ2n) is 6.09. The topological polar surface area (TPSA) is 35.5 Å². The fourth-order valence-corrected chi connectivity index (χ4v) is 2.77. The molecular formula is C20H36NO3+. The Balaban J connectivity index is 0.00000163. The van der Waals surface area contributed by atoms with Gasteiger partial charge in [-0.2, -0.15) is 0 Å². The quantitative estimate of drug-likeness (QED) is 0.475. The third-order valence-corrected chi connectivity index (χ3v) is 4.16. The van der Waals surface area contributed by atoms with Crippen LogP contribution in [0.2, 0.25) is 0 Å². The van der Waals surface area contributed by atoms with Gasteiger partial charge in [-0.1, -0.05) is 38.5 Å². The van der Waals surface area contributed by atoms with Crippen molar-refractivity contribution in [2.24, 2.45) is 0 Å². The summed E-state index contributed by atoms with van der Waals surface area (Å²) < 4.78 is 10.8. The van der Waals surface area contributed by atoms with Crippen LogP contribution in [-0.4, -0.2) is 57.5 Å². The summed E-state index contributed by atoms with van der Waals surface area (Å²) in [5, 5.41) is 0. The van der Waals surface area contributed by atoms with Crippen molar-refractivity contribution in [2.45, 2.75) is 40.0 Å². The fraction of sp³-hybridized carbons (Fsp3) is 0.650. The summed E-state index contributed by atoms with van der Waals surface area (Å²) in [6, 6.07) is 9.23. The highest BCUT2D eigenvalue weighted by Crippen LogP contribution is 2.11. The van der Waals surface area contributed by atoms with Gasteiger partial charge in [-0.3, -0.25) is 0 Å². The molecule has 0 saturated carbocycles. The Morgan fingerprint density at radius 2 is 1.58 bits per heavy atom. The van der Waals surface area contributed by atoms with Crippen molar-refractivity contribution in [1.82, 2.24) is 0 Å². The Labute approximate surface area is 148 Å². The van der Waals surface area contributed by atoms with Crippen LogP contribution >= 0.6 is 0 Å². The molecule has 0 N–H and O–H groups in total. The lowest BCUT2D eigenvalue weighted by Gasteiger charge is -2.37. The van der Waals surface area contributed by atoms with Crippen LogP contribution in [0.1, 0.15) is 50.4 Å². The first-order valence-electron chi connectivity index (χ1n) is 9.06. The first kappa shape index (κ1) is 22.6. The van der Waals surface area contributed by atoms with E-state index in [9.17, 15) is 4.79 Å². The highest BCUT2D eigenvalue weighted by atomic mass is 16.5. The predicted molar refractivity (Wildman–Crippen MR) is 100 cm³/mol. The van der Waals surface area contributed by atoms with Crippen molar-refractivity contribution in [3.63, 3.8) is 0 Å². The highest BCUT2D eigenvalue weighted by Gasteiger charge is 2.24. The standard InChI is InChI=1S/C18H30NO2.C2H6O/c1-4-7-14-19(6-3,13-5-2)15-16-21-18(20)17-11-9-8-10-12-17;1-3-2/h8-12H,4-7,13-16H2,1-3H3;1-2H3/q+1;. The highest BCUT2D eigenvalue weighted by molar-refractivity contribution is 5.89. The Kier molecular flexibility index (Phi) is 13.2. The second kappa shape index (κ2) is 14.0. The van der Waals surface area contributed by atoms with Crippen LogP contribution in [0, 0.1) is 0 Å². The van der Waals surface area contributed by atoms with Crippen molar-refractivity contribution in [3.8, 4) is 0 Å². The number of likely N-dealkylation sites (N-methyl/N-ethyl adjacent to an activating group) is 1. The van der Waals surface area contributed by atoms with Crippen molar-refractivity contribution in [3.05, 3.63) is 35.9 Å². The number of hydrogen-bond donors (Lipinski definition) is 0. The SMILES string of the molecule is CCCC[N+](CC)(CCC)CCOC(=O)c1ccccc1.COC. The van der Waals surface area contributed by atoms with Gasteiger partial charge in [-0.25, -0.2) is 4.79 Å². The van der Waals surface area contributed by atoms with Gasteiger partial charge in [0.1, 0.15) is 13.2 Å². The van der Waals surface area contributed by atoms with Crippen LogP contribution < -0.4 is 0 Å². The number of nitrogens with zero attached hydrogens (tertiary/aromatic N) is 1. The predicted octanol–water partition coefficient (Wildman–Crippen LogP) is 4.15. The molecule has 0 amide bonds. The van der Waals surface area contributed by atoms with Crippen LogP contribution in [-0.2, 0) is 9.47 Å². The fourth-order valence-electron chi connectivity index (χ4n) is 2.77. The molecule has 4 heteroatoms. The first-order valence-corrected chi connectivity index (χ1v) is 9.06. The largest absolute Gasteiger partial charge is 0.456 e. The van der Waals surface area contributed by atoms with E-state index in [4.69, 9.17) is 4.74 Å². The molecule has 0 aliphatic heterocycles. The van der Waals surface area contributed by atoms with Crippen molar-refractivity contribution < 1.29 is 18.8 Å². The number of methoxy groups -OCH3 is 1. The first-order chi connectivity index (χ1) is 11.6. The number of rotatable bonds is 10. The maximum absolute atomic E-state index is 12.0. The zero-order valence-corrected chi connectivity index (χ0v) is 16.2. The number of unbranched alkanes of at least 4 members (excludes halogenated alkanes) is 1. The van der Waals surface area contributed by atoms with Crippen LogP contribution in [0.15, 0.2) is 30.3 Å². The van der Waals surface area contributed by atoms with Crippen LogP contribution in [0.4, 0.5) is 0 Å². The molecule has 24 heavy (non-hydrogen) atoms. The van der Waals surface area contributed by atoms with E-state index < -0.39 is 0 Å². The summed E-state index contributed by atoms with van der Waals surface area (Å²) in [5.74, 6) is -0.211. The summed E-state index contributed by atoms with van der Waals surface area (Å²) in [6.07, 6.45) is 3.62. The smallest absolute Gasteiger partial charge is 0.338 e. The minimum absolute atomic E-state index is 0.211. The molecule has 0 saturated heterocycles. The van der Waals surface area contributed by atoms with Gasteiger partial charge in [0.25, 0.3) is 0 Å². The number of quaternary nitrogens is 1. The lowest BCUT2D eigenvalue weighted by molar-refractivity contribution is -0.926. The molecule has 1 rings (SSSR count). The normalized spacial score (nSPS) is 12.7. The average molecular weight is 339 g/mol. The molecule has 0 aromatic heterocycles. The zero-order valence-electron chi connectivity index (χ0n) is 16.2. The van der Waals surface area contributed by atoms with Crippen molar-refractivity contribution in [1.29, 1.82) is 0 Å². The number of ether oxygens (including phenoxy) is 2. The molecule has 0 fully saturated rings. The van der Waals surface area contributed by atoms with Crippen LogP contribution in [0.25, 0.3) is 0 Å². The van der Waals surface area contributed by atoms with E-state index in [1.165, 1.54) is 32.4 Å². The van der Waals surface area contributed by atoms with Gasteiger partial charge in [0, 0.05) is 14.2 Å². The van der Waals surface area contributed by atoms with Gasteiger partial charge in [-0.05, 0) is 31.9 Å². The van der Waals surface area contributed by atoms with Crippen LogP contribution in [0.3, 0.4) is 0 Å². The monoisotopic (exact) mass is 338 g/mol. The molecule has 0 radical (unpaired) electrons. The van der Waals surface area contributed by atoms with Crippen LogP contribution in [0.5, 0.6) is 0 Å². The summed E-state index contributed by atoms with van der Waals surface area (Å²) in [5.41, 5.74) is 0.635. The van der Waals surface area contributed by atoms with Gasteiger partial charge < -0.3 is 14.0 Å². The Morgan fingerprint density at radius 1 is 0.958 bits per heavy atom. The van der Waals surface area contributed by atoms with E-state index in [1.807, 2.05) is 18.2 Å². The van der Waals surface area contributed by atoms with E-state index in [2.05, 4.69) is 25.5 Å². The maximum Gasteiger partial charge on any atom is 0.338 e. The molecule has 1 aromatic rings. The Bertz CT molecular complexity index is 422. The number of carbonyl (C=O) groups excluding carboxylic acids is 1. The third-order valence-electron chi connectivity index (χ3n) is 4.16. The third kappa shape index (κ3) is 9.04. The summed E-state index contributed by atoms with van der Waals surface area (Å²) >= 11 is 0. The van der Waals surface area contributed by atoms with E-state index in [1.54, 1.807) is 26.4 Å². The van der Waals surface area contributed by atoms with E-state index in [-0.39, 0.29) is 5.97 Å². The molecule has 0 heterocycles. The number of benzene rings is 1. The molecule has 4 nitrogen and oxygen atoms in total. The minimum Gasteiger partial charge on any atom is -0.456 e. The molecule has 0 bridgehead atoms. The van der Waals surface area contributed by atoms with Gasteiger partial charge in [0.05, 0.1) is 25.2 Å². The lowest BCUT2D eigenvalue weighted by atomic mass is 10.2. The van der Waals surface area contributed by atoms with Crippen molar-refractivity contribution in [2.75, 3.05) is 47.0 Å². The van der Waals surface area contributed by atoms with Crippen molar-refractivity contribution >= 4 is 5.97 Å². The molecule has 1 unspecified atom stereocenters. The van der Waals surface area contributed by atoms with E-state index in [0.717, 1.165) is 17.6 Å². The number of esters is 1. The Hall–Kier alpha value is -1.39. The van der Waals surface area contributed by atoms with E-state index >= 15 is 0 Å². The van der Waals surface area contributed by atoms with E-state index in [0.29, 0.717) is 12.2 Å². The van der Waals surface area contributed by atoms with Gasteiger partial charge >= 0.3 is 5.97 Å². The maximum atomic E-state index is 12.0. The lowest BCUT2D eigenvalue weighted by Crippen LogP contribution is -2.51. The van der Waals surface area contributed by atoms with Gasteiger partial charge in [-0.15, -0.1) is 0 Å². The average Bonchev–Trinajstić information content (AvgIpc) is 2.61. The van der Waals surface area contributed by atoms with Gasteiger partial charge in [0.15, 0.2) is 0 Å². The molecule has 138 valence electrons. The number of hydrogen-bond acceptors (Lipinski definition) is 3. The van der Waals surface area contributed by atoms with Gasteiger partial charge in [0.2, 0.25) is 0 Å². The Morgan fingerprint density at radius 3 is 2.08 bits per heavy atom. The molecule has 1 aromatic carbocycles. The second-order valence-corrected chi connectivity index (χ2v) is 6.09. The minimum atomic E-state index is -0.211. The zero-order chi connectivity index (χ0) is 18.3. The molecule has 1 atom stereocenters. The molecule has 0 aliphatic carbocycles. The summed E-state index contributed by atoms with van der Waals surface area (Å²) in [7, 11) is 3.25. The molecule has 0 spiro atoms. The molecule has 0 aliphatic rings.